The van der Waals surface area contributed by atoms with Crippen LogP contribution in [0.4, 0.5) is 0 Å². The smallest absolute Gasteiger partial charge is 0.258 e. The first-order valence-corrected chi connectivity index (χ1v) is 14.1. The second-order valence-electron chi connectivity index (χ2n) is 10.2. The Bertz CT molecular complexity index is 996. The lowest BCUT2D eigenvalue weighted by Gasteiger charge is -2.36. The molecule has 2 aromatic carbocycles. The topological polar surface area (TPSA) is 60.4 Å². The van der Waals surface area contributed by atoms with E-state index < -0.39 is 20.0 Å². The Balaban J connectivity index is 1.91. The Kier molecular flexibility index (Phi) is 7.05. The summed E-state index contributed by atoms with van der Waals surface area (Å²) >= 11 is 0. The maximum atomic E-state index is 13.4. The van der Waals surface area contributed by atoms with E-state index in [4.69, 9.17) is 18.9 Å². The van der Waals surface area contributed by atoms with Crippen LogP contribution in [0.15, 0.2) is 53.5 Å². The van der Waals surface area contributed by atoms with Gasteiger partial charge >= 0.3 is 0 Å². The summed E-state index contributed by atoms with van der Waals surface area (Å²) in [6.45, 7) is 11.1. The summed E-state index contributed by atoms with van der Waals surface area (Å²) in [6.07, 6.45) is 1.46. The highest BCUT2D eigenvalue weighted by molar-refractivity contribution is 6.74. The van der Waals surface area contributed by atoms with Crippen LogP contribution in [-0.2, 0) is 16.0 Å². The number of aliphatic imine (C=N–C) groups is 1. The molecule has 178 valence electrons. The molecule has 0 radical (unpaired) electrons. The molecular formula is C26H36N2O4Si. The molecule has 1 aliphatic rings. The lowest BCUT2D eigenvalue weighted by molar-refractivity contribution is -0.135. The fourth-order valence-electron chi connectivity index (χ4n) is 3.82. The Hall–Kier alpha value is -2.64. The molecular weight excluding hydrogens is 432 g/mol. The Labute approximate surface area is 198 Å². The van der Waals surface area contributed by atoms with Gasteiger partial charge < -0.3 is 18.8 Å². The molecule has 0 unspecified atom stereocenters. The van der Waals surface area contributed by atoms with Gasteiger partial charge in [-0.15, -0.1) is 0 Å². The fourth-order valence-corrected chi connectivity index (χ4v) is 4.85. The maximum Gasteiger partial charge on any atom is 0.258 e. The van der Waals surface area contributed by atoms with E-state index in [1.165, 1.54) is 4.90 Å². The van der Waals surface area contributed by atoms with Gasteiger partial charge in [-0.2, -0.15) is 0 Å². The van der Waals surface area contributed by atoms with Gasteiger partial charge in [0, 0.05) is 20.6 Å². The van der Waals surface area contributed by atoms with E-state index >= 15 is 0 Å². The molecule has 2 atom stereocenters. The highest BCUT2D eigenvalue weighted by Crippen LogP contribution is 2.41. The number of methoxy groups -OCH3 is 2. The maximum absolute atomic E-state index is 13.4. The van der Waals surface area contributed by atoms with Crippen LogP contribution >= 0.6 is 0 Å². The van der Waals surface area contributed by atoms with E-state index in [9.17, 15) is 4.79 Å². The van der Waals surface area contributed by atoms with Gasteiger partial charge in [-0.3, -0.25) is 9.79 Å². The van der Waals surface area contributed by atoms with Crippen LogP contribution in [0, 0.1) is 0 Å². The fraction of sp³-hybridized carbons (Fsp3) is 0.462. The average Bonchev–Trinajstić information content (AvgIpc) is 3.04. The molecule has 2 aromatic rings. The molecule has 1 amide bonds. The molecule has 3 rings (SSSR count). The van der Waals surface area contributed by atoms with Gasteiger partial charge in [-0.1, -0.05) is 45.0 Å². The van der Waals surface area contributed by atoms with Crippen molar-refractivity contribution in [2.24, 2.45) is 4.99 Å². The number of rotatable bonds is 8. The van der Waals surface area contributed by atoms with E-state index in [0.29, 0.717) is 6.42 Å². The van der Waals surface area contributed by atoms with Crippen LogP contribution in [-0.4, -0.2) is 52.3 Å². The molecule has 0 aliphatic carbocycles. The van der Waals surface area contributed by atoms with Crippen molar-refractivity contribution in [3.05, 3.63) is 59.7 Å². The third-order valence-electron chi connectivity index (χ3n) is 6.82. The van der Waals surface area contributed by atoms with Gasteiger partial charge in [0.05, 0.1) is 13.4 Å². The van der Waals surface area contributed by atoms with E-state index in [2.05, 4.69) is 33.9 Å². The lowest BCUT2D eigenvalue weighted by Crippen LogP contribution is -2.47. The highest BCUT2D eigenvalue weighted by Gasteiger charge is 2.51. The predicted molar refractivity (Wildman–Crippen MR) is 135 cm³/mol. The molecule has 33 heavy (non-hydrogen) atoms. The van der Waals surface area contributed by atoms with Crippen molar-refractivity contribution >= 4 is 20.6 Å². The minimum atomic E-state index is -1.92. The number of ether oxygens (including phenoxy) is 2. The molecule has 0 N–H and O–H groups in total. The zero-order valence-electron chi connectivity index (χ0n) is 21.0. The molecule has 0 saturated heterocycles. The Morgan fingerprint density at radius 3 is 2.03 bits per heavy atom. The van der Waals surface area contributed by atoms with Crippen LogP contribution in [0.3, 0.4) is 0 Å². The summed E-state index contributed by atoms with van der Waals surface area (Å²) in [5, 5.41) is 0.120. The average molecular weight is 469 g/mol. The molecule has 0 spiro atoms. The van der Waals surface area contributed by atoms with Crippen molar-refractivity contribution in [1.29, 1.82) is 0 Å². The van der Waals surface area contributed by atoms with E-state index in [1.807, 2.05) is 48.5 Å². The quantitative estimate of drug-likeness (QED) is 0.497. The Morgan fingerprint density at radius 2 is 1.58 bits per heavy atom. The summed E-state index contributed by atoms with van der Waals surface area (Å²) in [4.78, 5) is 19.6. The van der Waals surface area contributed by atoms with Gasteiger partial charge in [0.1, 0.15) is 17.6 Å². The summed E-state index contributed by atoms with van der Waals surface area (Å²) in [6, 6.07) is 15.6. The van der Waals surface area contributed by atoms with Crippen LogP contribution in [0.5, 0.6) is 11.5 Å². The Morgan fingerprint density at radius 1 is 1.00 bits per heavy atom. The molecule has 0 aromatic heterocycles. The molecule has 0 bridgehead atoms. The van der Waals surface area contributed by atoms with Gasteiger partial charge in [0.15, 0.2) is 5.54 Å². The highest BCUT2D eigenvalue weighted by atomic mass is 28.4. The van der Waals surface area contributed by atoms with Gasteiger partial charge in [-0.05, 0) is 53.5 Å². The number of likely N-dealkylation sites (N-methyl/N-ethyl adjacent to an activating group) is 1. The number of hydrogen-bond donors (Lipinski definition) is 0. The van der Waals surface area contributed by atoms with Crippen LogP contribution in [0.2, 0.25) is 18.1 Å². The lowest BCUT2D eigenvalue weighted by atomic mass is 9.82. The van der Waals surface area contributed by atoms with E-state index in [1.54, 1.807) is 27.6 Å². The molecule has 6 nitrogen and oxygen atoms in total. The standard InChI is InChI=1S/C26H36N2O4Si/c1-25(2,3)33(7,8)32-22-13-9-19(10-14-22)17-26(24(29)28(4)18-27-26)23(31-6)20-11-15-21(30-5)16-12-20/h9-16,18,23H,17H2,1-8H3/t23-,26-/m1/s1. The monoisotopic (exact) mass is 468 g/mol. The number of carbonyl (C=O) groups is 1. The summed E-state index contributed by atoms with van der Waals surface area (Å²) in [5.74, 6) is 1.52. The molecule has 1 aliphatic heterocycles. The van der Waals surface area contributed by atoms with Crippen molar-refractivity contribution in [3.8, 4) is 11.5 Å². The number of carbonyl (C=O) groups excluding carboxylic acids is 1. The van der Waals surface area contributed by atoms with Crippen molar-refractivity contribution in [2.45, 2.75) is 57.0 Å². The van der Waals surface area contributed by atoms with Crippen LogP contribution in [0.25, 0.3) is 0 Å². The van der Waals surface area contributed by atoms with E-state index in [-0.39, 0.29) is 10.9 Å². The summed E-state index contributed by atoms with van der Waals surface area (Å²) in [7, 11) is 3.05. The molecule has 1 heterocycles. The number of benzene rings is 2. The normalized spacial score (nSPS) is 19.6. The van der Waals surface area contributed by atoms with Crippen molar-refractivity contribution < 1.29 is 18.7 Å². The second kappa shape index (κ2) is 9.31. The molecule has 0 fully saturated rings. The van der Waals surface area contributed by atoms with Gasteiger partial charge in [0.25, 0.3) is 5.91 Å². The minimum absolute atomic E-state index is 0.0910. The van der Waals surface area contributed by atoms with Crippen LogP contribution in [0.1, 0.15) is 38.0 Å². The van der Waals surface area contributed by atoms with Gasteiger partial charge in [-0.25, -0.2) is 0 Å². The number of amides is 1. The first-order valence-electron chi connectivity index (χ1n) is 11.2. The van der Waals surface area contributed by atoms with Crippen molar-refractivity contribution in [1.82, 2.24) is 4.90 Å². The largest absolute Gasteiger partial charge is 0.544 e. The third kappa shape index (κ3) is 4.99. The predicted octanol–water partition coefficient (Wildman–Crippen LogP) is 5.25. The van der Waals surface area contributed by atoms with Gasteiger partial charge in [0.2, 0.25) is 8.32 Å². The first-order chi connectivity index (χ1) is 15.4. The van der Waals surface area contributed by atoms with Crippen molar-refractivity contribution in [3.63, 3.8) is 0 Å². The zero-order valence-corrected chi connectivity index (χ0v) is 22.0. The molecule has 7 heteroatoms. The summed E-state index contributed by atoms with van der Waals surface area (Å²) < 4.78 is 17.6. The summed E-state index contributed by atoms with van der Waals surface area (Å²) in [5.41, 5.74) is 0.783. The zero-order chi connectivity index (χ0) is 24.4. The second-order valence-corrected chi connectivity index (χ2v) is 14.9. The minimum Gasteiger partial charge on any atom is -0.544 e. The number of hydrogen-bond acceptors (Lipinski definition) is 5. The number of nitrogens with zero attached hydrogens (tertiary/aromatic N) is 2. The third-order valence-corrected chi connectivity index (χ3v) is 11.2. The first kappa shape index (κ1) is 25.0. The SMILES string of the molecule is COc1ccc([C@@H](OC)[C@@]2(Cc3ccc(O[Si](C)(C)C(C)(C)C)cc3)N=CN(C)C2=O)cc1. The van der Waals surface area contributed by atoms with Crippen LogP contribution < -0.4 is 9.16 Å². The van der Waals surface area contributed by atoms with E-state index in [0.717, 1.165) is 22.6 Å². The molecule has 0 saturated carbocycles. The van der Waals surface area contributed by atoms with Crippen molar-refractivity contribution in [2.75, 3.05) is 21.3 Å².